The fourth-order valence-electron chi connectivity index (χ4n) is 1.85. The number of aliphatic hydroxyl groups excluding tert-OH is 1. The van der Waals surface area contributed by atoms with Gasteiger partial charge in [0.15, 0.2) is 0 Å². The van der Waals surface area contributed by atoms with E-state index in [1.54, 1.807) is 43.3 Å². The molecule has 2 N–H and O–H groups in total. The monoisotopic (exact) mass is 325 g/mol. The van der Waals surface area contributed by atoms with Crippen LogP contribution in [0.25, 0.3) is 0 Å². The van der Waals surface area contributed by atoms with Crippen LogP contribution in [0.3, 0.4) is 0 Å². The molecule has 1 atom stereocenters. The van der Waals surface area contributed by atoms with Crippen LogP contribution in [-0.4, -0.2) is 13.5 Å². The molecular weight excluding hydrogens is 310 g/mol. The van der Waals surface area contributed by atoms with Gasteiger partial charge in [-0.25, -0.2) is 13.1 Å². The molecule has 6 heteroatoms. The second-order valence-electron chi connectivity index (χ2n) is 4.70. The summed E-state index contributed by atoms with van der Waals surface area (Å²) in [6, 6.07) is 13.2. The van der Waals surface area contributed by atoms with Gasteiger partial charge in [0.25, 0.3) is 0 Å². The lowest BCUT2D eigenvalue weighted by atomic mass is 10.1. The molecule has 0 fully saturated rings. The van der Waals surface area contributed by atoms with E-state index < -0.39 is 16.1 Å². The lowest BCUT2D eigenvalue weighted by molar-refractivity contribution is 0.199. The molecule has 0 saturated carbocycles. The van der Waals surface area contributed by atoms with Crippen LogP contribution in [0.5, 0.6) is 0 Å². The van der Waals surface area contributed by atoms with E-state index in [4.69, 9.17) is 11.6 Å². The van der Waals surface area contributed by atoms with Crippen molar-refractivity contribution in [3.05, 3.63) is 64.7 Å². The van der Waals surface area contributed by atoms with E-state index in [1.807, 2.05) is 0 Å². The van der Waals surface area contributed by atoms with Gasteiger partial charge < -0.3 is 5.11 Å². The van der Waals surface area contributed by atoms with Crippen LogP contribution in [0.1, 0.15) is 24.2 Å². The van der Waals surface area contributed by atoms with Gasteiger partial charge >= 0.3 is 0 Å². The molecule has 0 aliphatic heterocycles. The molecule has 1 unspecified atom stereocenters. The molecule has 0 bridgehead atoms. The van der Waals surface area contributed by atoms with Gasteiger partial charge in [-0.1, -0.05) is 35.9 Å². The third kappa shape index (κ3) is 4.28. The number of hydrogen-bond acceptors (Lipinski definition) is 3. The van der Waals surface area contributed by atoms with Crippen LogP contribution in [0.2, 0.25) is 5.02 Å². The minimum atomic E-state index is -3.63. The largest absolute Gasteiger partial charge is 0.389 e. The quantitative estimate of drug-likeness (QED) is 0.888. The fraction of sp³-hybridized carbons (Fsp3) is 0.200. The summed E-state index contributed by atoms with van der Waals surface area (Å²) in [7, 11) is -3.63. The number of rotatable bonds is 5. The standard InChI is InChI=1S/C15H16ClNO3S/c1-11(18)13-5-3-7-15(9-13)21(19,20)17-10-12-4-2-6-14(16)8-12/h2-9,11,17-18H,10H2,1H3. The average molecular weight is 326 g/mol. The Morgan fingerprint density at radius 2 is 1.90 bits per heavy atom. The SMILES string of the molecule is CC(O)c1cccc(S(=O)(=O)NCc2cccc(Cl)c2)c1. The van der Waals surface area contributed by atoms with E-state index in [-0.39, 0.29) is 11.4 Å². The Bertz CT molecular complexity index is 729. The first-order valence-corrected chi connectivity index (χ1v) is 8.27. The zero-order chi connectivity index (χ0) is 15.5. The minimum Gasteiger partial charge on any atom is -0.389 e. The van der Waals surface area contributed by atoms with Crippen molar-refractivity contribution < 1.29 is 13.5 Å². The van der Waals surface area contributed by atoms with Crippen molar-refractivity contribution in [1.82, 2.24) is 4.72 Å². The lowest BCUT2D eigenvalue weighted by Gasteiger charge is -2.10. The molecular formula is C15H16ClNO3S. The zero-order valence-electron chi connectivity index (χ0n) is 11.5. The fourth-order valence-corrected chi connectivity index (χ4v) is 3.14. The Morgan fingerprint density at radius 3 is 2.57 bits per heavy atom. The van der Waals surface area contributed by atoms with Crippen molar-refractivity contribution in [1.29, 1.82) is 0 Å². The maximum Gasteiger partial charge on any atom is 0.240 e. The smallest absolute Gasteiger partial charge is 0.240 e. The van der Waals surface area contributed by atoms with E-state index in [9.17, 15) is 13.5 Å². The molecule has 2 aromatic carbocycles. The number of nitrogens with one attached hydrogen (secondary N) is 1. The number of halogens is 1. The summed E-state index contributed by atoms with van der Waals surface area (Å²) in [6.07, 6.45) is -0.715. The topological polar surface area (TPSA) is 66.4 Å². The molecule has 0 aliphatic carbocycles. The van der Waals surface area contributed by atoms with Crippen LogP contribution in [-0.2, 0) is 16.6 Å². The highest BCUT2D eigenvalue weighted by molar-refractivity contribution is 7.89. The summed E-state index contributed by atoms with van der Waals surface area (Å²) >= 11 is 5.86. The van der Waals surface area contributed by atoms with Gasteiger partial charge in [-0.2, -0.15) is 0 Å². The highest BCUT2D eigenvalue weighted by Crippen LogP contribution is 2.18. The summed E-state index contributed by atoms with van der Waals surface area (Å²) in [5, 5.41) is 10.1. The Labute approximate surface area is 129 Å². The third-order valence-electron chi connectivity index (χ3n) is 3.01. The first kappa shape index (κ1) is 16.0. The second-order valence-corrected chi connectivity index (χ2v) is 6.91. The van der Waals surface area contributed by atoms with E-state index in [2.05, 4.69) is 4.72 Å². The maximum absolute atomic E-state index is 12.2. The molecule has 0 saturated heterocycles. The van der Waals surface area contributed by atoms with Crippen LogP contribution in [0, 0.1) is 0 Å². The third-order valence-corrected chi connectivity index (χ3v) is 4.64. The predicted octanol–water partition coefficient (Wildman–Crippen LogP) is 2.87. The van der Waals surface area contributed by atoms with Crippen molar-refractivity contribution in [2.45, 2.75) is 24.5 Å². The Kier molecular flexibility index (Phi) is 5.00. The van der Waals surface area contributed by atoms with Gasteiger partial charge in [0.1, 0.15) is 0 Å². The number of aliphatic hydroxyl groups is 1. The maximum atomic E-state index is 12.2. The molecule has 21 heavy (non-hydrogen) atoms. The molecule has 0 amide bonds. The van der Waals surface area contributed by atoms with Gasteiger partial charge in [0.2, 0.25) is 10.0 Å². The van der Waals surface area contributed by atoms with Crippen molar-refractivity contribution in [3.63, 3.8) is 0 Å². The summed E-state index contributed by atoms with van der Waals surface area (Å²) in [6.45, 7) is 1.74. The summed E-state index contributed by atoms with van der Waals surface area (Å²) < 4.78 is 27.0. The summed E-state index contributed by atoms with van der Waals surface area (Å²) in [5.74, 6) is 0. The van der Waals surface area contributed by atoms with Crippen LogP contribution in [0.4, 0.5) is 0 Å². The second kappa shape index (κ2) is 6.58. The number of benzene rings is 2. The first-order chi connectivity index (χ1) is 9.88. The average Bonchev–Trinajstić information content (AvgIpc) is 2.45. The summed E-state index contributed by atoms with van der Waals surface area (Å²) in [5.41, 5.74) is 1.33. The normalized spacial score (nSPS) is 13.1. The van der Waals surface area contributed by atoms with Crippen LogP contribution in [0.15, 0.2) is 53.4 Å². The molecule has 0 heterocycles. The first-order valence-electron chi connectivity index (χ1n) is 6.40. The number of sulfonamides is 1. The zero-order valence-corrected chi connectivity index (χ0v) is 13.0. The van der Waals surface area contributed by atoms with Crippen molar-refractivity contribution in [2.24, 2.45) is 0 Å². The lowest BCUT2D eigenvalue weighted by Crippen LogP contribution is -2.23. The Hall–Kier alpha value is -1.40. The predicted molar refractivity (Wildman–Crippen MR) is 82.6 cm³/mol. The van der Waals surface area contributed by atoms with Crippen LogP contribution < -0.4 is 4.72 Å². The Balaban J connectivity index is 2.17. The van der Waals surface area contributed by atoms with E-state index in [0.29, 0.717) is 10.6 Å². The molecule has 2 aromatic rings. The highest BCUT2D eigenvalue weighted by atomic mass is 35.5. The van der Waals surface area contributed by atoms with Gasteiger partial charge in [0, 0.05) is 11.6 Å². The van der Waals surface area contributed by atoms with Gasteiger partial charge in [-0.3, -0.25) is 0 Å². The van der Waals surface area contributed by atoms with Crippen molar-refractivity contribution >= 4 is 21.6 Å². The van der Waals surface area contributed by atoms with Gasteiger partial charge in [0.05, 0.1) is 11.0 Å². The number of hydrogen-bond donors (Lipinski definition) is 2. The van der Waals surface area contributed by atoms with Gasteiger partial charge in [-0.15, -0.1) is 0 Å². The van der Waals surface area contributed by atoms with E-state index in [0.717, 1.165) is 5.56 Å². The van der Waals surface area contributed by atoms with E-state index >= 15 is 0 Å². The Morgan fingerprint density at radius 1 is 1.19 bits per heavy atom. The highest BCUT2D eigenvalue weighted by Gasteiger charge is 2.15. The molecule has 0 spiro atoms. The molecule has 4 nitrogen and oxygen atoms in total. The minimum absolute atomic E-state index is 0.128. The summed E-state index contributed by atoms with van der Waals surface area (Å²) in [4.78, 5) is 0.128. The van der Waals surface area contributed by atoms with Crippen LogP contribution >= 0.6 is 11.6 Å². The van der Waals surface area contributed by atoms with E-state index in [1.165, 1.54) is 12.1 Å². The molecule has 0 radical (unpaired) electrons. The molecule has 112 valence electrons. The molecule has 0 aromatic heterocycles. The molecule has 2 rings (SSSR count). The van der Waals surface area contributed by atoms with Crippen molar-refractivity contribution in [2.75, 3.05) is 0 Å². The van der Waals surface area contributed by atoms with Gasteiger partial charge in [-0.05, 0) is 42.3 Å². The van der Waals surface area contributed by atoms with Crippen molar-refractivity contribution in [3.8, 4) is 0 Å². The molecule has 0 aliphatic rings.